The van der Waals surface area contributed by atoms with Crippen LogP contribution in [0.1, 0.15) is 33.1 Å². The normalized spacial score (nSPS) is 42.5. The molecule has 70 valence electrons. The zero-order chi connectivity index (χ0) is 8.77. The fraction of sp³-hybridized carbons (Fsp3) is 1.00. The van der Waals surface area contributed by atoms with E-state index in [0.717, 1.165) is 19.4 Å². The van der Waals surface area contributed by atoms with E-state index < -0.39 is 5.67 Å². The fourth-order valence-corrected chi connectivity index (χ4v) is 2.30. The van der Waals surface area contributed by atoms with E-state index in [1.807, 2.05) is 0 Å². The standard InChI is InChI=1S/C10H18FN/c1-8(2)12-5-3-4-9-6-10(9,11)7-12/h8-9H,3-7H2,1-2H3. The first-order chi connectivity index (χ1) is 5.62. The Morgan fingerprint density at radius 1 is 1.50 bits per heavy atom. The molecule has 2 fully saturated rings. The van der Waals surface area contributed by atoms with Gasteiger partial charge >= 0.3 is 0 Å². The average molecular weight is 171 g/mol. The molecular formula is C10H18FN. The van der Waals surface area contributed by atoms with Crippen molar-refractivity contribution in [2.45, 2.75) is 44.8 Å². The summed E-state index contributed by atoms with van der Waals surface area (Å²) in [7, 11) is 0. The number of fused-ring (bicyclic) bond motifs is 1. The van der Waals surface area contributed by atoms with Gasteiger partial charge in [-0.1, -0.05) is 0 Å². The van der Waals surface area contributed by atoms with Crippen LogP contribution >= 0.6 is 0 Å². The van der Waals surface area contributed by atoms with Crippen molar-refractivity contribution >= 4 is 0 Å². The minimum absolute atomic E-state index is 0.404. The van der Waals surface area contributed by atoms with E-state index in [9.17, 15) is 4.39 Å². The van der Waals surface area contributed by atoms with Gasteiger partial charge in [0.1, 0.15) is 5.67 Å². The summed E-state index contributed by atoms with van der Waals surface area (Å²) in [6.07, 6.45) is 3.13. The highest BCUT2D eigenvalue weighted by molar-refractivity contribution is 5.07. The lowest BCUT2D eigenvalue weighted by atomic mass is 10.2. The summed E-state index contributed by atoms with van der Waals surface area (Å²) in [6, 6.07) is 0.511. The minimum Gasteiger partial charge on any atom is -0.298 e. The Bertz CT molecular complexity index is 181. The molecule has 1 aliphatic heterocycles. The van der Waals surface area contributed by atoms with E-state index in [-0.39, 0.29) is 0 Å². The molecule has 1 heterocycles. The van der Waals surface area contributed by atoms with Crippen LogP contribution in [0.3, 0.4) is 0 Å². The highest BCUT2D eigenvalue weighted by Gasteiger charge is 2.56. The van der Waals surface area contributed by atoms with Gasteiger partial charge in [-0.05, 0) is 45.6 Å². The predicted octanol–water partition coefficient (Wildman–Crippen LogP) is 2.22. The maximum Gasteiger partial charge on any atom is 0.127 e. The molecule has 2 atom stereocenters. The molecule has 0 amide bonds. The van der Waals surface area contributed by atoms with E-state index in [4.69, 9.17) is 0 Å². The Morgan fingerprint density at radius 3 is 2.92 bits per heavy atom. The van der Waals surface area contributed by atoms with Crippen LogP contribution in [0, 0.1) is 5.92 Å². The number of alkyl halides is 1. The van der Waals surface area contributed by atoms with Crippen molar-refractivity contribution in [1.82, 2.24) is 4.90 Å². The van der Waals surface area contributed by atoms with Gasteiger partial charge in [-0.3, -0.25) is 4.90 Å². The summed E-state index contributed by atoms with van der Waals surface area (Å²) in [6.45, 7) is 6.10. The molecule has 2 unspecified atom stereocenters. The Balaban J connectivity index is 2.00. The van der Waals surface area contributed by atoms with Crippen molar-refractivity contribution < 1.29 is 4.39 Å². The van der Waals surface area contributed by atoms with Gasteiger partial charge in [-0.2, -0.15) is 0 Å². The van der Waals surface area contributed by atoms with E-state index >= 15 is 0 Å². The van der Waals surface area contributed by atoms with E-state index in [1.165, 1.54) is 6.42 Å². The molecule has 0 aromatic rings. The topological polar surface area (TPSA) is 3.24 Å². The molecule has 2 aliphatic rings. The second-order valence-corrected chi connectivity index (χ2v) is 4.64. The van der Waals surface area contributed by atoms with Crippen LogP contribution in [-0.4, -0.2) is 29.7 Å². The first-order valence-corrected chi connectivity index (χ1v) is 5.05. The molecule has 1 saturated carbocycles. The molecule has 1 saturated heterocycles. The van der Waals surface area contributed by atoms with Gasteiger partial charge in [0.15, 0.2) is 0 Å². The third-order valence-electron chi connectivity index (χ3n) is 3.35. The molecule has 0 radical (unpaired) electrons. The molecule has 2 heteroatoms. The van der Waals surface area contributed by atoms with Gasteiger partial charge in [0.05, 0.1) is 0 Å². The summed E-state index contributed by atoms with van der Waals surface area (Å²) in [5.74, 6) is 0.404. The maximum atomic E-state index is 13.8. The highest BCUT2D eigenvalue weighted by atomic mass is 19.1. The summed E-state index contributed by atoms with van der Waals surface area (Å²) in [4.78, 5) is 2.28. The number of likely N-dealkylation sites (tertiary alicyclic amines) is 1. The minimum atomic E-state index is -0.791. The van der Waals surface area contributed by atoms with Gasteiger partial charge in [-0.15, -0.1) is 0 Å². The van der Waals surface area contributed by atoms with Gasteiger partial charge in [0, 0.05) is 12.6 Å². The van der Waals surface area contributed by atoms with Crippen molar-refractivity contribution in [3.63, 3.8) is 0 Å². The van der Waals surface area contributed by atoms with Crippen molar-refractivity contribution in [1.29, 1.82) is 0 Å². The Labute approximate surface area is 73.9 Å². The lowest BCUT2D eigenvalue weighted by molar-refractivity contribution is 0.151. The number of hydrogen-bond donors (Lipinski definition) is 0. The smallest absolute Gasteiger partial charge is 0.127 e. The number of nitrogens with zero attached hydrogens (tertiary/aromatic N) is 1. The molecule has 0 spiro atoms. The number of rotatable bonds is 1. The summed E-state index contributed by atoms with van der Waals surface area (Å²) < 4.78 is 13.8. The quantitative estimate of drug-likeness (QED) is 0.584. The van der Waals surface area contributed by atoms with Crippen LogP contribution < -0.4 is 0 Å². The molecule has 12 heavy (non-hydrogen) atoms. The molecular weight excluding hydrogens is 153 g/mol. The molecule has 0 aromatic carbocycles. The third-order valence-corrected chi connectivity index (χ3v) is 3.35. The summed E-state index contributed by atoms with van der Waals surface area (Å²) in [5, 5.41) is 0. The van der Waals surface area contributed by atoms with Crippen LogP contribution in [0.15, 0.2) is 0 Å². The van der Waals surface area contributed by atoms with Crippen LogP contribution in [0.4, 0.5) is 4.39 Å². The van der Waals surface area contributed by atoms with E-state index in [1.54, 1.807) is 0 Å². The first-order valence-electron chi connectivity index (χ1n) is 5.05. The zero-order valence-electron chi connectivity index (χ0n) is 8.02. The number of hydrogen-bond acceptors (Lipinski definition) is 1. The van der Waals surface area contributed by atoms with Crippen molar-refractivity contribution in [3.05, 3.63) is 0 Å². The third kappa shape index (κ3) is 1.37. The van der Waals surface area contributed by atoms with Gasteiger partial charge < -0.3 is 0 Å². The Hall–Kier alpha value is -0.110. The van der Waals surface area contributed by atoms with Gasteiger partial charge in [0.25, 0.3) is 0 Å². The first kappa shape index (κ1) is 8.49. The Morgan fingerprint density at radius 2 is 2.25 bits per heavy atom. The highest BCUT2D eigenvalue weighted by Crippen LogP contribution is 2.52. The summed E-state index contributed by atoms with van der Waals surface area (Å²) >= 11 is 0. The van der Waals surface area contributed by atoms with Crippen molar-refractivity contribution in [3.8, 4) is 0 Å². The molecule has 2 rings (SSSR count). The molecule has 0 aromatic heterocycles. The van der Waals surface area contributed by atoms with E-state index in [2.05, 4.69) is 18.7 Å². The van der Waals surface area contributed by atoms with Crippen molar-refractivity contribution in [2.24, 2.45) is 5.92 Å². The second kappa shape index (κ2) is 2.69. The molecule has 0 bridgehead atoms. The largest absolute Gasteiger partial charge is 0.298 e. The summed E-state index contributed by atoms with van der Waals surface area (Å²) in [5.41, 5.74) is -0.791. The van der Waals surface area contributed by atoms with Gasteiger partial charge in [0.2, 0.25) is 0 Å². The molecule has 0 N–H and O–H groups in total. The van der Waals surface area contributed by atoms with Crippen molar-refractivity contribution in [2.75, 3.05) is 13.1 Å². The van der Waals surface area contributed by atoms with Gasteiger partial charge in [-0.25, -0.2) is 4.39 Å². The Kier molecular flexibility index (Phi) is 1.90. The predicted molar refractivity (Wildman–Crippen MR) is 47.9 cm³/mol. The van der Waals surface area contributed by atoms with Crippen LogP contribution in [0.25, 0.3) is 0 Å². The molecule has 1 nitrogen and oxygen atoms in total. The second-order valence-electron chi connectivity index (χ2n) is 4.64. The molecule has 1 aliphatic carbocycles. The fourth-order valence-electron chi connectivity index (χ4n) is 2.30. The van der Waals surface area contributed by atoms with Crippen LogP contribution in [0.5, 0.6) is 0 Å². The van der Waals surface area contributed by atoms with Crippen LogP contribution in [-0.2, 0) is 0 Å². The maximum absolute atomic E-state index is 13.8. The van der Waals surface area contributed by atoms with E-state index in [0.29, 0.717) is 18.5 Å². The lowest BCUT2D eigenvalue weighted by Crippen LogP contribution is -2.36. The van der Waals surface area contributed by atoms with Crippen LogP contribution in [0.2, 0.25) is 0 Å². The average Bonchev–Trinajstić information content (AvgIpc) is 2.59. The lowest BCUT2D eigenvalue weighted by Gasteiger charge is -2.26. The zero-order valence-corrected chi connectivity index (χ0v) is 8.02. The number of halogens is 1. The SMILES string of the molecule is CC(C)N1CCCC2CC2(F)C1. The monoisotopic (exact) mass is 171 g/mol.